The third-order valence-corrected chi connectivity index (χ3v) is 3.43. The highest BCUT2D eigenvalue weighted by Gasteiger charge is 2.21. The average Bonchev–Trinajstić information content (AvgIpc) is 3.12. The number of nitrogens with zero attached hydrogens (tertiary/aromatic N) is 2. The molecule has 1 unspecified atom stereocenters. The number of anilines is 1. The molecule has 4 nitrogen and oxygen atoms in total. The van der Waals surface area contributed by atoms with Gasteiger partial charge < -0.3 is 14.3 Å². The van der Waals surface area contributed by atoms with E-state index in [-0.39, 0.29) is 11.9 Å². The van der Waals surface area contributed by atoms with Crippen molar-refractivity contribution in [3.8, 4) is 0 Å². The summed E-state index contributed by atoms with van der Waals surface area (Å²) in [5, 5.41) is 3.28. The SMILES string of the molecule is Cc1ccc(NC(c2ccco2)c2nccn2C)cc1F. The molecule has 0 aliphatic rings. The predicted molar refractivity (Wildman–Crippen MR) is 78.5 cm³/mol. The van der Waals surface area contributed by atoms with Crippen molar-refractivity contribution >= 4 is 5.69 Å². The Kier molecular flexibility index (Phi) is 3.48. The van der Waals surface area contributed by atoms with Crippen LogP contribution in [-0.4, -0.2) is 9.55 Å². The summed E-state index contributed by atoms with van der Waals surface area (Å²) in [6, 6.07) is 8.49. The van der Waals surface area contributed by atoms with E-state index >= 15 is 0 Å². The molecule has 1 aromatic carbocycles. The topological polar surface area (TPSA) is 43.0 Å². The van der Waals surface area contributed by atoms with E-state index in [1.54, 1.807) is 25.5 Å². The Morgan fingerprint density at radius 2 is 2.19 bits per heavy atom. The molecule has 0 amide bonds. The number of imidazole rings is 1. The highest BCUT2D eigenvalue weighted by molar-refractivity contribution is 5.48. The molecule has 3 aromatic rings. The van der Waals surface area contributed by atoms with Gasteiger partial charge in [0.2, 0.25) is 0 Å². The molecule has 108 valence electrons. The number of halogens is 1. The van der Waals surface area contributed by atoms with Gasteiger partial charge >= 0.3 is 0 Å². The maximum Gasteiger partial charge on any atom is 0.143 e. The Labute approximate surface area is 122 Å². The molecule has 0 aliphatic carbocycles. The molecule has 0 fully saturated rings. The van der Waals surface area contributed by atoms with E-state index in [1.807, 2.05) is 36.0 Å². The lowest BCUT2D eigenvalue weighted by Gasteiger charge is -2.18. The van der Waals surface area contributed by atoms with Crippen molar-refractivity contribution in [2.24, 2.45) is 7.05 Å². The minimum atomic E-state index is -0.276. The highest BCUT2D eigenvalue weighted by Crippen LogP contribution is 2.26. The van der Waals surface area contributed by atoms with E-state index in [9.17, 15) is 4.39 Å². The summed E-state index contributed by atoms with van der Waals surface area (Å²) in [5.74, 6) is 1.29. The molecule has 2 aromatic heterocycles. The minimum absolute atomic E-state index is 0.238. The van der Waals surface area contributed by atoms with Crippen LogP contribution in [0.3, 0.4) is 0 Å². The van der Waals surface area contributed by atoms with Crippen molar-refractivity contribution in [3.05, 3.63) is 72.0 Å². The van der Waals surface area contributed by atoms with Gasteiger partial charge in [-0.05, 0) is 36.8 Å². The van der Waals surface area contributed by atoms with E-state index in [2.05, 4.69) is 10.3 Å². The molecular weight excluding hydrogens is 269 g/mol. The lowest BCUT2D eigenvalue weighted by atomic mass is 10.1. The first-order chi connectivity index (χ1) is 10.1. The van der Waals surface area contributed by atoms with E-state index in [1.165, 1.54) is 6.07 Å². The van der Waals surface area contributed by atoms with Crippen LogP contribution >= 0.6 is 0 Å². The van der Waals surface area contributed by atoms with Gasteiger partial charge in [-0.1, -0.05) is 6.07 Å². The number of benzene rings is 1. The van der Waals surface area contributed by atoms with Crippen molar-refractivity contribution in [1.82, 2.24) is 9.55 Å². The molecule has 21 heavy (non-hydrogen) atoms. The minimum Gasteiger partial charge on any atom is -0.467 e. The van der Waals surface area contributed by atoms with Gasteiger partial charge in [0.25, 0.3) is 0 Å². The van der Waals surface area contributed by atoms with Crippen LogP contribution in [0.15, 0.2) is 53.4 Å². The number of rotatable bonds is 4. The van der Waals surface area contributed by atoms with Crippen LogP contribution in [0.5, 0.6) is 0 Å². The molecule has 3 rings (SSSR count). The number of hydrogen-bond acceptors (Lipinski definition) is 3. The Morgan fingerprint density at radius 1 is 1.33 bits per heavy atom. The van der Waals surface area contributed by atoms with Crippen molar-refractivity contribution in [2.45, 2.75) is 13.0 Å². The molecular formula is C16H16FN3O. The summed E-state index contributed by atoms with van der Waals surface area (Å²) < 4.78 is 21.1. The summed E-state index contributed by atoms with van der Waals surface area (Å²) in [6.45, 7) is 1.74. The fraction of sp³-hybridized carbons (Fsp3) is 0.188. The zero-order valence-corrected chi connectivity index (χ0v) is 11.9. The molecule has 5 heteroatoms. The zero-order valence-electron chi connectivity index (χ0n) is 11.9. The van der Waals surface area contributed by atoms with Crippen molar-refractivity contribution in [3.63, 3.8) is 0 Å². The van der Waals surface area contributed by atoms with Crippen LogP contribution in [-0.2, 0) is 7.05 Å². The largest absolute Gasteiger partial charge is 0.467 e. The number of furan rings is 1. The van der Waals surface area contributed by atoms with Crippen LogP contribution in [0, 0.1) is 12.7 Å². The van der Waals surface area contributed by atoms with Crippen LogP contribution in [0.4, 0.5) is 10.1 Å². The maximum atomic E-state index is 13.7. The molecule has 0 bridgehead atoms. The third kappa shape index (κ3) is 2.67. The van der Waals surface area contributed by atoms with Crippen molar-refractivity contribution in [1.29, 1.82) is 0 Å². The fourth-order valence-electron chi connectivity index (χ4n) is 2.22. The standard InChI is InChI=1S/C16H16FN3O/c1-11-5-6-12(10-13(11)17)19-15(14-4-3-9-21-14)16-18-7-8-20(16)2/h3-10,15,19H,1-2H3. The first kappa shape index (κ1) is 13.4. The first-order valence-electron chi connectivity index (χ1n) is 6.68. The first-order valence-corrected chi connectivity index (χ1v) is 6.68. The van der Waals surface area contributed by atoms with Gasteiger partial charge in [-0.3, -0.25) is 0 Å². The van der Waals surface area contributed by atoms with Gasteiger partial charge in [0, 0.05) is 25.1 Å². The van der Waals surface area contributed by atoms with Gasteiger partial charge in [0.15, 0.2) is 0 Å². The normalized spacial score (nSPS) is 12.3. The number of hydrogen-bond donors (Lipinski definition) is 1. The molecule has 1 N–H and O–H groups in total. The summed E-state index contributed by atoms with van der Waals surface area (Å²) in [4.78, 5) is 4.35. The van der Waals surface area contributed by atoms with Crippen molar-refractivity contribution in [2.75, 3.05) is 5.32 Å². The fourth-order valence-corrected chi connectivity index (χ4v) is 2.22. The van der Waals surface area contributed by atoms with Gasteiger partial charge in [-0.2, -0.15) is 0 Å². The van der Waals surface area contributed by atoms with Gasteiger partial charge in [0.1, 0.15) is 23.4 Å². The molecule has 0 radical (unpaired) electrons. The Hall–Kier alpha value is -2.56. The van der Waals surface area contributed by atoms with Crippen LogP contribution in [0.2, 0.25) is 0 Å². The predicted octanol–water partition coefficient (Wildman–Crippen LogP) is 3.66. The number of aromatic nitrogens is 2. The summed E-state index contributed by atoms with van der Waals surface area (Å²) in [5.41, 5.74) is 1.30. The van der Waals surface area contributed by atoms with E-state index in [4.69, 9.17) is 4.42 Å². The van der Waals surface area contributed by atoms with Crippen LogP contribution in [0.1, 0.15) is 23.2 Å². The van der Waals surface area contributed by atoms with Gasteiger partial charge in [-0.15, -0.1) is 0 Å². The average molecular weight is 285 g/mol. The molecule has 0 saturated carbocycles. The van der Waals surface area contributed by atoms with Gasteiger partial charge in [0.05, 0.1) is 6.26 Å². The van der Waals surface area contributed by atoms with Crippen LogP contribution < -0.4 is 5.32 Å². The second-order valence-electron chi connectivity index (χ2n) is 4.95. The highest BCUT2D eigenvalue weighted by atomic mass is 19.1. The van der Waals surface area contributed by atoms with E-state index < -0.39 is 0 Å². The molecule has 2 heterocycles. The number of aryl methyl sites for hydroxylation is 2. The van der Waals surface area contributed by atoms with E-state index in [0.717, 1.165) is 11.6 Å². The summed E-state index contributed by atoms with van der Waals surface area (Å²) in [6.07, 6.45) is 5.20. The lowest BCUT2D eigenvalue weighted by Crippen LogP contribution is -2.16. The third-order valence-electron chi connectivity index (χ3n) is 3.43. The van der Waals surface area contributed by atoms with Crippen molar-refractivity contribution < 1.29 is 8.81 Å². The molecule has 0 saturated heterocycles. The maximum absolute atomic E-state index is 13.7. The molecule has 0 aliphatic heterocycles. The second kappa shape index (κ2) is 5.44. The second-order valence-corrected chi connectivity index (χ2v) is 4.95. The monoisotopic (exact) mass is 285 g/mol. The van der Waals surface area contributed by atoms with E-state index in [0.29, 0.717) is 11.3 Å². The smallest absolute Gasteiger partial charge is 0.143 e. The molecule has 1 atom stereocenters. The zero-order chi connectivity index (χ0) is 14.8. The lowest BCUT2D eigenvalue weighted by molar-refractivity contribution is 0.488. The van der Waals surface area contributed by atoms with Gasteiger partial charge in [-0.25, -0.2) is 9.37 Å². The quantitative estimate of drug-likeness (QED) is 0.795. The summed E-state index contributed by atoms with van der Waals surface area (Å²) >= 11 is 0. The Balaban J connectivity index is 1.97. The summed E-state index contributed by atoms with van der Waals surface area (Å²) in [7, 11) is 1.91. The number of nitrogens with one attached hydrogen (secondary N) is 1. The van der Waals surface area contributed by atoms with Crippen LogP contribution in [0.25, 0.3) is 0 Å². The Bertz CT molecular complexity index is 734. The Morgan fingerprint density at radius 3 is 2.81 bits per heavy atom. The molecule has 0 spiro atoms.